The van der Waals surface area contributed by atoms with E-state index in [1.807, 2.05) is 13.8 Å². The van der Waals surface area contributed by atoms with E-state index in [0.29, 0.717) is 18.5 Å². The Morgan fingerprint density at radius 1 is 1.08 bits per heavy atom. The van der Waals surface area contributed by atoms with Crippen LogP contribution in [0.2, 0.25) is 0 Å². The van der Waals surface area contributed by atoms with Gasteiger partial charge in [-0.1, -0.05) is 13.8 Å². The zero-order valence-corrected chi connectivity index (χ0v) is 21.3. The maximum Gasteiger partial charge on any atom is 0.327 e. The van der Waals surface area contributed by atoms with Gasteiger partial charge in [-0.05, 0) is 25.2 Å². The molecular weight excluding hydrogens is 490 g/mol. The number of aromatic amines is 1. The topological polar surface area (TPSA) is 244 Å². The van der Waals surface area contributed by atoms with E-state index in [1.165, 1.54) is 12.5 Å². The van der Waals surface area contributed by atoms with Crippen molar-refractivity contribution in [3.63, 3.8) is 0 Å². The second-order valence-electron chi connectivity index (χ2n) is 8.67. The van der Waals surface area contributed by atoms with Gasteiger partial charge in [0, 0.05) is 30.6 Å². The fraction of sp³-hybridized carbons (Fsp3) is 0.619. The van der Waals surface area contributed by atoms with E-state index in [-0.39, 0.29) is 37.0 Å². The van der Waals surface area contributed by atoms with E-state index in [4.69, 9.17) is 17.2 Å². The lowest BCUT2D eigenvalue weighted by atomic mass is 10.0. The quantitative estimate of drug-likeness (QED) is 0.0491. The number of nitrogens with zero attached hydrogens (tertiary/aromatic N) is 2. The summed E-state index contributed by atoms with van der Waals surface area (Å²) in [7, 11) is 0. The second kappa shape index (κ2) is 15.6. The largest absolute Gasteiger partial charge is 0.480 e. The molecule has 202 valence electrons. The van der Waals surface area contributed by atoms with Crippen molar-refractivity contribution in [2.24, 2.45) is 28.1 Å². The van der Waals surface area contributed by atoms with Gasteiger partial charge < -0.3 is 43.2 Å². The number of nitrogens with two attached hydrogens (primary N) is 3. The number of aromatic nitrogens is 2. The molecule has 1 aromatic rings. The van der Waals surface area contributed by atoms with Crippen LogP contribution in [0, 0.1) is 5.92 Å². The van der Waals surface area contributed by atoms with Gasteiger partial charge in [-0.25, -0.2) is 9.78 Å². The Morgan fingerprint density at radius 3 is 2.22 bits per heavy atom. The molecule has 0 radical (unpaired) electrons. The average Bonchev–Trinajstić information content (AvgIpc) is 3.30. The molecule has 1 heterocycles. The third-order valence-electron chi connectivity index (χ3n) is 5.05. The number of aliphatic imine (C=N–C) groups is 1. The van der Waals surface area contributed by atoms with Crippen LogP contribution < -0.4 is 33.2 Å². The lowest BCUT2D eigenvalue weighted by Crippen LogP contribution is -2.58. The Balaban J connectivity index is 3.05. The SMILES string of the molecule is CC(C)CC(N)C(=O)NC(CCCN=C(N)N)C(=O)NC(Cc1cnc[nH]1)C(=O)NC(CS)C(=O)O. The zero-order chi connectivity index (χ0) is 27.3. The molecule has 0 fully saturated rings. The molecule has 36 heavy (non-hydrogen) atoms. The van der Waals surface area contributed by atoms with Crippen molar-refractivity contribution < 1.29 is 24.3 Å². The summed E-state index contributed by atoms with van der Waals surface area (Å²) in [4.78, 5) is 60.6. The summed E-state index contributed by atoms with van der Waals surface area (Å²) in [5.74, 6) is -3.26. The van der Waals surface area contributed by atoms with E-state index in [9.17, 15) is 24.3 Å². The average molecular weight is 528 g/mol. The van der Waals surface area contributed by atoms with Gasteiger partial charge in [0.2, 0.25) is 17.7 Å². The first-order chi connectivity index (χ1) is 16.9. The highest BCUT2D eigenvalue weighted by atomic mass is 32.1. The Kier molecular flexibility index (Phi) is 13.3. The third-order valence-corrected chi connectivity index (χ3v) is 5.41. The van der Waals surface area contributed by atoms with E-state index in [0.717, 1.165) is 0 Å². The molecule has 0 aliphatic carbocycles. The summed E-state index contributed by atoms with van der Waals surface area (Å²) in [6.45, 7) is 4.06. The molecule has 0 aliphatic heterocycles. The van der Waals surface area contributed by atoms with Gasteiger partial charge in [0.1, 0.15) is 18.1 Å². The van der Waals surface area contributed by atoms with Crippen molar-refractivity contribution in [2.75, 3.05) is 12.3 Å². The van der Waals surface area contributed by atoms with Gasteiger partial charge >= 0.3 is 5.97 Å². The van der Waals surface area contributed by atoms with Gasteiger partial charge in [-0.15, -0.1) is 0 Å². The molecule has 3 amide bonds. The zero-order valence-electron chi connectivity index (χ0n) is 20.4. The number of imidazole rings is 1. The van der Waals surface area contributed by atoms with Crippen LogP contribution in [-0.4, -0.2) is 81.2 Å². The number of hydrogen-bond acceptors (Lipinski definition) is 8. The van der Waals surface area contributed by atoms with Gasteiger partial charge in [0.15, 0.2) is 5.96 Å². The van der Waals surface area contributed by atoms with Crippen LogP contribution in [0.4, 0.5) is 0 Å². The molecule has 1 aromatic heterocycles. The van der Waals surface area contributed by atoms with Gasteiger partial charge in [-0.2, -0.15) is 12.6 Å². The molecule has 0 aliphatic rings. The first-order valence-corrected chi connectivity index (χ1v) is 12.1. The lowest BCUT2D eigenvalue weighted by molar-refractivity contribution is -0.141. The highest BCUT2D eigenvalue weighted by Crippen LogP contribution is 2.07. The fourth-order valence-electron chi connectivity index (χ4n) is 3.22. The number of guanidine groups is 1. The summed E-state index contributed by atoms with van der Waals surface area (Å²) >= 11 is 3.94. The molecule has 0 saturated carbocycles. The minimum absolute atomic E-state index is 0.00197. The third kappa shape index (κ3) is 11.4. The molecule has 0 aromatic carbocycles. The van der Waals surface area contributed by atoms with Crippen LogP contribution in [0.1, 0.15) is 38.8 Å². The minimum Gasteiger partial charge on any atom is -0.480 e. The van der Waals surface area contributed by atoms with Crippen LogP contribution >= 0.6 is 12.6 Å². The van der Waals surface area contributed by atoms with E-state index in [1.54, 1.807) is 0 Å². The van der Waals surface area contributed by atoms with Gasteiger partial charge in [0.05, 0.1) is 12.4 Å². The molecule has 1 rings (SSSR count). The molecular formula is C21H37N9O5S. The predicted molar refractivity (Wildman–Crippen MR) is 137 cm³/mol. The number of H-pyrrole nitrogens is 1. The Labute approximate surface area is 215 Å². The first-order valence-electron chi connectivity index (χ1n) is 11.5. The summed E-state index contributed by atoms with van der Waals surface area (Å²) in [5, 5.41) is 16.8. The van der Waals surface area contributed by atoms with Crippen LogP contribution in [0.3, 0.4) is 0 Å². The number of thiol groups is 1. The number of carbonyl (C=O) groups excluding carboxylic acids is 3. The number of carboxylic acids is 1. The number of carboxylic acid groups (broad SMARTS) is 1. The summed E-state index contributed by atoms with van der Waals surface area (Å²) < 4.78 is 0. The highest BCUT2D eigenvalue weighted by molar-refractivity contribution is 7.80. The Bertz CT molecular complexity index is 890. The molecule has 0 bridgehead atoms. The maximum absolute atomic E-state index is 13.2. The van der Waals surface area contributed by atoms with E-state index < -0.39 is 47.9 Å². The Hall–Kier alpha value is -3.33. The van der Waals surface area contributed by atoms with Gasteiger partial charge in [0.25, 0.3) is 0 Å². The first kappa shape index (κ1) is 30.7. The summed E-state index contributed by atoms with van der Waals surface area (Å²) in [6, 6.07) is -4.29. The van der Waals surface area contributed by atoms with Crippen molar-refractivity contribution in [2.45, 2.75) is 63.7 Å². The fourth-order valence-corrected chi connectivity index (χ4v) is 3.47. The Morgan fingerprint density at radius 2 is 1.69 bits per heavy atom. The number of hydrogen-bond donors (Lipinski definition) is 9. The molecule has 14 nitrogen and oxygen atoms in total. The number of amides is 3. The highest BCUT2D eigenvalue weighted by Gasteiger charge is 2.30. The molecule has 0 spiro atoms. The molecule has 4 atom stereocenters. The maximum atomic E-state index is 13.2. The van der Waals surface area contributed by atoms with Crippen LogP contribution in [0.15, 0.2) is 17.5 Å². The minimum atomic E-state index is -1.27. The molecule has 4 unspecified atom stereocenters. The van der Waals surface area contributed by atoms with E-state index >= 15 is 0 Å². The molecule has 0 saturated heterocycles. The van der Waals surface area contributed by atoms with Crippen LogP contribution in [0.25, 0.3) is 0 Å². The number of aliphatic carboxylic acids is 1. The van der Waals surface area contributed by atoms with Gasteiger partial charge in [-0.3, -0.25) is 19.4 Å². The normalized spacial score (nSPS) is 14.2. The smallest absolute Gasteiger partial charge is 0.327 e. The number of rotatable bonds is 16. The lowest BCUT2D eigenvalue weighted by Gasteiger charge is -2.25. The standard InChI is InChI=1S/C21H37N9O5S/c1-11(2)6-13(22)17(31)28-14(4-3-5-26-21(23)24)18(32)29-15(7-12-8-25-10-27-12)19(33)30-16(9-36)20(34)35/h8,10-11,13-16,36H,3-7,9,22H2,1-2H3,(H,25,27)(H,28,31)(H,29,32)(H,30,33)(H,34,35)(H4,23,24,26). The van der Waals surface area contributed by atoms with Crippen molar-refractivity contribution in [3.8, 4) is 0 Å². The molecule has 15 heteroatoms. The van der Waals surface area contributed by atoms with Crippen molar-refractivity contribution >= 4 is 42.3 Å². The predicted octanol–water partition coefficient (Wildman–Crippen LogP) is -2.15. The summed E-state index contributed by atoms with van der Waals surface area (Å²) in [5.41, 5.74) is 17.2. The number of nitrogens with one attached hydrogen (secondary N) is 4. The number of carbonyl (C=O) groups is 4. The second-order valence-corrected chi connectivity index (χ2v) is 9.04. The van der Waals surface area contributed by atoms with Crippen molar-refractivity contribution in [1.82, 2.24) is 25.9 Å². The van der Waals surface area contributed by atoms with Crippen LogP contribution in [-0.2, 0) is 25.6 Å². The van der Waals surface area contributed by atoms with E-state index in [2.05, 4.69) is 43.5 Å². The van der Waals surface area contributed by atoms with Crippen molar-refractivity contribution in [1.29, 1.82) is 0 Å². The van der Waals surface area contributed by atoms with Crippen molar-refractivity contribution in [3.05, 3.63) is 18.2 Å². The monoisotopic (exact) mass is 527 g/mol. The van der Waals surface area contributed by atoms with Crippen LogP contribution in [0.5, 0.6) is 0 Å². The summed E-state index contributed by atoms with van der Waals surface area (Å²) in [6.07, 6.45) is 3.81. The molecule has 11 N–H and O–H groups in total.